The number of aliphatic hydroxyl groups excluding tert-OH is 1. The van der Waals surface area contributed by atoms with Crippen LogP contribution in [0.1, 0.15) is 51.9 Å². The molecule has 1 saturated heterocycles. The Labute approximate surface area is 118 Å². The van der Waals surface area contributed by atoms with Crippen LogP contribution in [0.25, 0.3) is 0 Å². The van der Waals surface area contributed by atoms with E-state index in [0.29, 0.717) is 13.0 Å². The Morgan fingerprint density at radius 2 is 1.95 bits per heavy atom. The molecule has 1 rings (SSSR count). The maximum absolute atomic E-state index is 12.4. The lowest BCUT2D eigenvalue weighted by Crippen LogP contribution is -2.38. The number of alkyl halides is 3. The molecule has 0 bridgehead atoms. The first-order valence-electron chi connectivity index (χ1n) is 7.38. The van der Waals surface area contributed by atoms with Gasteiger partial charge in [-0.2, -0.15) is 13.2 Å². The minimum Gasteiger partial charge on any atom is -0.383 e. The topological polar surface area (TPSA) is 40.5 Å². The third-order valence-corrected chi connectivity index (χ3v) is 3.85. The van der Waals surface area contributed by atoms with E-state index in [2.05, 4.69) is 6.92 Å². The number of aliphatic hydroxyl groups is 1. The Balaban J connectivity index is 2.27. The molecule has 1 aliphatic rings. The zero-order chi connectivity index (χ0) is 15.2. The van der Waals surface area contributed by atoms with Gasteiger partial charge in [-0.1, -0.05) is 32.6 Å². The van der Waals surface area contributed by atoms with Crippen LogP contribution >= 0.6 is 0 Å². The van der Waals surface area contributed by atoms with E-state index in [1.807, 2.05) is 0 Å². The number of carbonyl (C=O) groups excluding carboxylic acids is 1. The third-order valence-electron chi connectivity index (χ3n) is 3.85. The molecule has 2 atom stereocenters. The highest BCUT2D eigenvalue weighted by atomic mass is 19.4. The summed E-state index contributed by atoms with van der Waals surface area (Å²) in [4.78, 5) is 13.3. The Morgan fingerprint density at radius 1 is 1.30 bits per heavy atom. The van der Waals surface area contributed by atoms with Crippen molar-refractivity contribution in [2.45, 2.75) is 64.1 Å². The zero-order valence-corrected chi connectivity index (χ0v) is 12.0. The lowest BCUT2D eigenvalue weighted by molar-refractivity contribution is -0.218. The monoisotopic (exact) mass is 295 g/mol. The minimum atomic E-state index is -4.59. The summed E-state index contributed by atoms with van der Waals surface area (Å²) in [6.07, 6.45) is -1.12. The SMILES string of the molecule is CCCCCCCC(=O)N1CC[C@H]([C@H](O)C(F)(F)F)C1. The summed E-state index contributed by atoms with van der Waals surface area (Å²) in [5.41, 5.74) is 0. The third kappa shape index (κ3) is 5.31. The Bertz CT molecular complexity index is 307. The summed E-state index contributed by atoms with van der Waals surface area (Å²) in [6.45, 7) is 2.46. The average Bonchev–Trinajstić information content (AvgIpc) is 2.85. The van der Waals surface area contributed by atoms with E-state index in [1.54, 1.807) is 0 Å². The van der Waals surface area contributed by atoms with E-state index >= 15 is 0 Å². The predicted octanol–water partition coefficient (Wildman–Crippen LogP) is 3.12. The lowest BCUT2D eigenvalue weighted by Gasteiger charge is -2.21. The molecule has 0 saturated carbocycles. The standard InChI is InChI=1S/C14H24F3NO2/c1-2-3-4-5-6-7-12(19)18-9-8-11(10-18)13(20)14(15,16)17/h11,13,20H,2-10H2,1H3/t11-,13-/m0/s1. The van der Waals surface area contributed by atoms with Crippen LogP contribution in [0.2, 0.25) is 0 Å². The molecule has 1 heterocycles. The minimum absolute atomic E-state index is 0.0223. The Kier molecular flexibility index (Phi) is 6.79. The van der Waals surface area contributed by atoms with Crippen molar-refractivity contribution >= 4 is 5.91 Å². The van der Waals surface area contributed by atoms with Gasteiger partial charge in [-0.05, 0) is 12.8 Å². The first-order chi connectivity index (χ1) is 9.36. The molecule has 0 aromatic rings. The second-order valence-electron chi connectivity index (χ2n) is 5.54. The molecule has 0 aliphatic carbocycles. The molecule has 0 spiro atoms. The fraction of sp³-hybridized carbons (Fsp3) is 0.929. The van der Waals surface area contributed by atoms with Gasteiger partial charge in [0.2, 0.25) is 5.91 Å². The van der Waals surface area contributed by atoms with Gasteiger partial charge >= 0.3 is 6.18 Å². The van der Waals surface area contributed by atoms with Crippen molar-refractivity contribution in [1.82, 2.24) is 4.90 Å². The first kappa shape index (κ1) is 17.3. The Morgan fingerprint density at radius 3 is 2.55 bits per heavy atom. The van der Waals surface area contributed by atoms with Crippen molar-refractivity contribution in [3.63, 3.8) is 0 Å². The molecule has 3 nitrogen and oxygen atoms in total. The molecule has 0 radical (unpaired) electrons. The molecule has 118 valence electrons. The number of rotatable bonds is 7. The number of carbonyl (C=O) groups is 1. The van der Waals surface area contributed by atoms with Crippen molar-refractivity contribution in [2.24, 2.45) is 5.92 Å². The summed E-state index contributed by atoms with van der Waals surface area (Å²) < 4.78 is 37.2. The van der Waals surface area contributed by atoms with Crippen LogP contribution in [0.3, 0.4) is 0 Å². The number of unbranched alkanes of at least 4 members (excludes halogenated alkanes) is 4. The molecule has 20 heavy (non-hydrogen) atoms. The number of hydrogen-bond acceptors (Lipinski definition) is 2. The van der Waals surface area contributed by atoms with Gasteiger partial charge in [0.25, 0.3) is 0 Å². The quantitative estimate of drug-likeness (QED) is 0.733. The van der Waals surface area contributed by atoms with Crippen LogP contribution in [-0.4, -0.2) is 41.3 Å². The summed E-state index contributed by atoms with van der Waals surface area (Å²) in [5, 5.41) is 9.20. The average molecular weight is 295 g/mol. The van der Waals surface area contributed by atoms with Crippen molar-refractivity contribution in [2.75, 3.05) is 13.1 Å². The summed E-state index contributed by atoms with van der Waals surface area (Å²) >= 11 is 0. The molecule has 1 N–H and O–H groups in total. The number of hydrogen-bond donors (Lipinski definition) is 1. The normalized spacial score (nSPS) is 21.2. The largest absolute Gasteiger partial charge is 0.414 e. The highest BCUT2D eigenvalue weighted by Crippen LogP contribution is 2.31. The van der Waals surface area contributed by atoms with E-state index in [1.165, 1.54) is 4.90 Å². The molecule has 1 fully saturated rings. The van der Waals surface area contributed by atoms with Crippen molar-refractivity contribution in [3.05, 3.63) is 0 Å². The van der Waals surface area contributed by atoms with E-state index < -0.39 is 18.2 Å². The van der Waals surface area contributed by atoms with E-state index in [4.69, 9.17) is 0 Å². The van der Waals surface area contributed by atoms with Crippen LogP contribution in [-0.2, 0) is 4.79 Å². The van der Waals surface area contributed by atoms with Gasteiger partial charge in [-0.15, -0.1) is 0 Å². The number of halogens is 3. The van der Waals surface area contributed by atoms with Gasteiger partial charge in [0, 0.05) is 25.4 Å². The van der Waals surface area contributed by atoms with Crippen molar-refractivity contribution in [3.8, 4) is 0 Å². The molecular formula is C14H24F3NO2. The second-order valence-corrected chi connectivity index (χ2v) is 5.54. The first-order valence-corrected chi connectivity index (χ1v) is 7.38. The van der Waals surface area contributed by atoms with Gasteiger partial charge in [0.1, 0.15) is 0 Å². The molecule has 6 heteroatoms. The molecule has 1 amide bonds. The number of nitrogens with zero attached hydrogens (tertiary/aromatic N) is 1. The second kappa shape index (κ2) is 7.86. The van der Waals surface area contributed by atoms with Crippen LogP contribution in [0.15, 0.2) is 0 Å². The van der Waals surface area contributed by atoms with Crippen LogP contribution in [0, 0.1) is 5.92 Å². The van der Waals surface area contributed by atoms with E-state index in [9.17, 15) is 23.1 Å². The van der Waals surface area contributed by atoms with Crippen molar-refractivity contribution in [1.29, 1.82) is 0 Å². The van der Waals surface area contributed by atoms with Gasteiger partial charge in [-0.3, -0.25) is 4.79 Å². The smallest absolute Gasteiger partial charge is 0.383 e. The lowest BCUT2D eigenvalue weighted by atomic mass is 10.0. The van der Waals surface area contributed by atoms with Gasteiger partial charge < -0.3 is 10.0 Å². The Hall–Kier alpha value is -0.780. The number of likely N-dealkylation sites (tertiary alicyclic amines) is 1. The van der Waals surface area contributed by atoms with E-state index in [0.717, 1.165) is 32.1 Å². The molecular weight excluding hydrogens is 271 g/mol. The fourth-order valence-corrected chi connectivity index (χ4v) is 2.58. The highest BCUT2D eigenvalue weighted by Gasteiger charge is 2.46. The molecule has 0 aromatic carbocycles. The summed E-state index contributed by atoms with van der Waals surface area (Å²) in [7, 11) is 0. The van der Waals surface area contributed by atoms with Gasteiger partial charge in [0.15, 0.2) is 6.10 Å². The van der Waals surface area contributed by atoms with Crippen LogP contribution in [0.5, 0.6) is 0 Å². The maximum atomic E-state index is 12.4. The number of amides is 1. The van der Waals surface area contributed by atoms with Gasteiger partial charge in [-0.25, -0.2) is 0 Å². The zero-order valence-electron chi connectivity index (χ0n) is 12.0. The molecule has 0 aromatic heterocycles. The fourth-order valence-electron chi connectivity index (χ4n) is 2.58. The maximum Gasteiger partial charge on any atom is 0.414 e. The highest BCUT2D eigenvalue weighted by molar-refractivity contribution is 5.76. The van der Waals surface area contributed by atoms with Gasteiger partial charge in [0.05, 0.1) is 0 Å². The molecule has 0 unspecified atom stereocenters. The molecule has 1 aliphatic heterocycles. The van der Waals surface area contributed by atoms with Crippen LogP contribution < -0.4 is 0 Å². The van der Waals surface area contributed by atoms with E-state index in [-0.39, 0.29) is 18.9 Å². The summed E-state index contributed by atoms with van der Waals surface area (Å²) in [5.74, 6) is -0.961. The van der Waals surface area contributed by atoms with Crippen LogP contribution in [0.4, 0.5) is 13.2 Å². The predicted molar refractivity (Wildman–Crippen MR) is 70.1 cm³/mol. The summed E-state index contributed by atoms with van der Waals surface area (Å²) in [6, 6.07) is 0. The van der Waals surface area contributed by atoms with Crippen molar-refractivity contribution < 1.29 is 23.1 Å².